The molecule has 9 heteroatoms. The third kappa shape index (κ3) is 7.19. The van der Waals surface area contributed by atoms with Gasteiger partial charge in [-0.1, -0.05) is 6.92 Å². The van der Waals surface area contributed by atoms with Crippen molar-refractivity contribution in [1.82, 2.24) is 4.90 Å². The molecule has 0 saturated heterocycles. The second-order valence-corrected chi connectivity index (χ2v) is 7.63. The van der Waals surface area contributed by atoms with Crippen LogP contribution < -0.4 is 0 Å². The summed E-state index contributed by atoms with van der Waals surface area (Å²) in [6.45, 7) is 6.29. The van der Waals surface area contributed by atoms with Crippen molar-refractivity contribution >= 4 is 22.1 Å². The zero-order valence-corrected chi connectivity index (χ0v) is 14.1. The van der Waals surface area contributed by atoms with Gasteiger partial charge in [-0.25, -0.2) is 0 Å². The Bertz CT molecular complexity index is 491. The number of carboxylic acid groups (broad SMARTS) is 2. The third-order valence-electron chi connectivity index (χ3n) is 3.69. The lowest BCUT2D eigenvalue weighted by atomic mass is 10.0. The fraction of sp³-hybridized carbons (Fsp3) is 0.846. The average molecular weight is 339 g/mol. The van der Waals surface area contributed by atoms with Crippen LogP contribution in [-0.4, -0.2) is 63.9 Å². The van der Waals surface area contributed by atoms with E-state index in [1.807, 2.05) is 0 Å². The first-order chi connectivity index (χ1) is 9.86. The summed E-state index contributed by atoms with van der Waals surface area (Å²) < 4.78 is 31.3. The Balaban J connectivity index is 5.11. The van der Waals surface area contributed by atoms with Crippen LogP contribution in [0.2, 0.25) is 0 Å². The summed E-state index contributed by atoms with van der Waals surface area (Å²) in [5.41, 5.74) is 0. The van der Waals surface area contributed by atoms with Crippen LogP contribution in [0.5, 0.6) is 0 Å². The van der Waals surface area contributed by atoms with E-state index in [1.54, 1.807) is 18.7 Å². The molecule has 0 saturated carbocycles. The van der Waals surface area contributed by atoms with Crippen molar-refractivity contribution < 1.29 is 32.8 Å². The molecule has 4 unspecified atom stereocenters. The van der Waals surface area contributed by atoms with Gasteiger partial charge in [0.15, 0.2) is 0 Å². The number of hydrogen-bond donors (Lipinski definition) is 3. The predicted octanol–water partition coefficient (Wildman–Crippen LogP) is 0.927. The fourth-order valence-corrected chi connectivity index (χ4v) is 2.82. The Labute approximate surface area is 130 Å². The van der Waals surface area contributed by atoms with Crippen molar-refractivity contribution in [2.24, 2.45) is 5.92 Å². The summed E-state index contributed by atoms with van der Waals surface area (Å²) in [7, 11) is -4.18. The van der Waals surface area contributed by atoms with Gasteiger partial charge < -0.3 is 10.2 Å². The van der Waals surface area contributed by atoms with Crippen LogP contribution in [0.1, 0.15) is 40.5 Å². The maximum Gasteiger partial charge on any atom is 0.307 e. The number of aliphatic carboxylic acids is 2. The van der Waals surface area contributed by atoms with E-state index in [0.29, 0.717) is 0 Å². The van der Waals surface area contributed by atoms with Crippen molar-refractivity contribution in [2.75, 3.05) is 6.54 Å². The highest BCUT2D eigenvalue weighted by atomic mass is 32.2. The molecule has 0 aromatic heterocycles. The van der Waals surface area contributed by atoms with Gasteiger partial charge in [-0.05, 0) is 27.2 Å². The lowest BCUT2D eigenvalue weighted by Gasteiger charge is -2.36. The second-order valence-electron chi connectivity index (χ2n) is 5.79. The summed E-state index contributed by atoms with van der Waals surface area (Å²) in [5, 5.41) is 16.9. The normalized spacial score (nSPS) is 17.7. The predicted molar refractivity (Wildman–Crippen MR) is 80.3 cm³/mol. The minimum atomic E-state index is -4.18. The highest BCUT2D eigenvalue weighted by Gasteiger charge is 2.29. The number of hydrogen-bond acceptors (Lipinski definition) is 5. The molecule has 0 spiro atoms. The van der Waals surface area contributed by atoms with Gasteiger partial charge in [0.1, 0.15) is 0 Å². The van der Waals surface area contributed by atoms with E-state index in [4.69, 9.17) is 14.8 Å². The molecule has 0 aliphatic carbocycles. The van der Waals surface area contributed by atoms with Crippen LogP contribution in [-0.2, 0) is 19.7 Å². The molecule has 3 N–H and O–H groups in total. The molecule has 0 amide bonds. The third-order valence-corrected chi connectivity index (χ3v) is 4.90. The van der Waals surface area contributed by atoms with Gasteiger partial charge in [0.2, 0.25) is 0 Å². The smallest absolute Gasteiger partial charge is 0.307 e. The first-order valence-electron chi connectivity index (χ1n) is 7.02. The molecule has 0 fully saturated rings. The van der Waals surface area contributed by atoms with Gasteiger partial charge in [-0.15, -0.1) is 0 Å². The van der Waals surface area contributed by atoms with Crippen LogP contribution in [0.15, 0.2) is 0 Å². The average Bonchev–Trinajstić information content (AvgIpc) is 2.32. The van der Waals surface area contributed by atoms with E-state index in [-0.39, 0.29) is 19.4 Å². The molecule has 8 nitrogen and oxygen atoms in total. The first kappa shape index (κ1) is 20.8. The number of carboxylic acids is 2. The van der Waals surface area contributed by atoms with Gasteiger partial charge in [-0.3, -0.25) is 19.0 Å². The van der Waals surface area contributed by atoms with Crippen molar-refractivity contribution in [3.63, 3.8) is 0 Å². The van der Waals surface area contributed by atoms with Crippen molar-refractivity contribution in [3.05, 3.63) is 0 Å². The number of nitrogens with zero attached hydrogens (tertiary/aromatic N) is 1. The van der Waals surface area contributed by atoms with E-state index < -0.39 is 45.3 Å². The maximum absolute atomic E-state index is 11.1. The van der Waals surface area contributed by atoms with Gasteiger partial charge >= 0.3 is 11.9 Å². The van der Waals surface area contributed by atoms with E-state index >= 15 is 0 Å². The Morgan fingerprint density at radius 3 is 1.91 bits per heavy atom. The zero-order chi connectivity index (χ0) is 17.7. The summed E-state index contributed by atoms with van der Waals surface area (Å²) in [6, 6.07) is -0.851. The molecule has 0 rings (SSSR count). The summed E-state index contributed by atoms with van der Waals surface area (Å²) in [6.07, 6.45) is -0.105. The van der Waals surface area contributed by atoms with Crippen LogP contribution in [0.25, 0.3) is 0 Å². The second kappa shape index (κ2) is 8.44. The lowest BCUT2D eigenvalue weighted by Crippen LogP contribution is -2.46. The molecule has 0 heterocycles. The topological polar surface area (TPSA) is 132 Å². The summed E-state index contributed by atoms with van der Waals surface area (Å²) in [5.74, 6) is -2.75. The Hall–Kier alpha value is -1.19. The largest absolute Gasteiger partial charge is 0.481 e. The zero-order valence-electron chi connectivity index (χ0n) is 13.3. The van der Waals surface area contributed by atoms with Crippen LogP contribution in [0, 0.1) is 5.92 Å². The molecule has 4 atom stereocenters. The lowest BCUT2D eigenvalue weighted by molar-refractivity contribution is -0.142. The molecular weight excluding hydrogens is 314 g/mol. The Morgan fingerprint density at radius 2 is 1.55 bits per heavy atom. The molecule has 0 bridgehead atoms. The standard InChI is InChI=1S/C13H25NO7S/c1-8(13(17)18)7-14(10(3)6-12(15)16)9(2)5-11(4)22(19,20)21/h8-11H,5-7H2,1-4H3,(H,15,16)(H,17,18)(H,19,20,21). The highest BCUT2D eigenvalue weighted by molar-refractivity contribution is 7.86. The van der Waals surface area contributed by atoms with E-state index in [2.05, 4.69) is 0 Å². The summed E-state index contributed by atoms with van der Waals surface area (Å²) in [4.78, 5) is 23.5. The quantitative estimate of drug-likeness (QED) is 0.501. The van der Waals surface area contributed by atoms with Gasteiger partial charge in [0.05, 0.1) is 17.6 Å². The van der Waals surface area contributed by atoms with Crippen LogP contribution in [0.3, 0.4) is 0 Å². The molecule has 130 valence electrons. The Kier molecular flexibility index (Phi) is 7.99. The van der Waals surface area contributed by atoms with Crippen LogP contribution >= 0.6 is 0 Å². The SMILES string of the molecule is CC(CN(C(C)CC(=O)O)C(C)CC(C)S(=O)(=O)O)C(=O)O. The number of rotatable bonds is 10. The van der Waals surface area contributed by atoms with Crippen molar-refractivity contribution in [2.45, 2.75) is 57.9 Å². The van der Waals surface area contributed by atoms with E-state index in [9.17, 15) is 18.0 Å². The molecule has 22 heavy (non-hydrogen) atoms. The van der Waals surface area contributed by atoms with Crippen molar-refractivity contribution in [3.8, 4) is 0 Å². The molecule has 0 radical (unpaired) electrons. The molecule has 0 aromatic rings. The van der Waals surface area contributed by atoms with E-state index in [0.717, 1.165) is 0 Å². The maximum atomic E-state index is 11.1. The number of carbonyl (C=O) groups is 2. The fourth-order valence-electron chi connectivity index (χ4n) is 2.30. The summed E-state index contributed by atoms with van der Waals surface area (Å²) >= 11 is 0. The minimum Gasteiger partial charge on any atom is -0.481 e. The minimum absolute atomic E-state index is 0.0785. The van der Waals surface area contributed by atoms with Crippen LogP contribution in [0.4, 0.5) is 0 Å². The molecule has 0 aromatic carbocycles. The molecular formula is C13H25NO7S. The monoisotopic (exact) mass is 339 g/mol. The van der Waals surface area contributed by atoms with Gasteiger partial charge in [0.25, 0.3) is 10.1 Å². The van der Waals surface area contributed by atoms with E-state index in [1.165, 1.54) is 13.8 Å². The first-order valence-corrected chi connectivity index (χ1v) is 8.53. The highest BCUT2D eigenvalue weighted by Crippen LogP contribution is 2.18. The Morgan fingerprint density at radius 1 is 1.05 bits per heavy atom. The van der Waals surface area contributed by atoms with Gasteiger partial charge in [-0.2, -0.15) is 8.42 Å². The van der Waals surface area contributed by atoms with Gasteiger partial charge in [0, 0.05) is 18.6 Å². The van der Waals surface area contributed by atoms with Crippen molar-refractivity contribution in [1.29, 1.82) is 0 Å². The molecule has 0 aliphatic heterocycles. The molecule has 0 aliphatic rings.